The summed E-state index contributed by atoms with van der Waals surface area (Å²) >= 11 is 6.24. The lowest BCUT2D eigenvalue weighted by molar-refractivity contribution is -0.137. The van der Waals surface area contributed by atoms with Gasteiger partial charge in [-0.1, -0.05) is 17.7 Å². The van der Waals surface area contributed by atoms with Crippen molar-refractivity contribution in [1.82, 2.24) is 9.78 Å². The largest absolute Gasteiger partial charge is 0.481 e. The molecule has 1 atom stereocenters. The molecule has 2 N–H and O–H groups in total. The first kappa shape index (κ1) is 14.4. The van der Waals surface area contributed by atoms with Crippen molar-refractivity contribution in [3.8, 4) is 5.69 Å². The number of aliphatic carboxylic acids is 1. The number of carboxylic acid groups (broad SMARTS) is 1. The zero-order valence-electron chi connectivity index (χ0n) is 11.1. The summed E-state index contributed by atoms with van der Waals surface area (Å²) in [5.41, 5.74) is 1.60. The fraction of sp³-hybridized carbons (Fsp3) is 0.286. The van der Waals surface area contributed by atoms with Crippen LogP contribution in [0.25, 0.3) is 5.69 Å². The lowest BCUT2D eigenvalue weighted by atomic mass is 10.1. The van der Waals surface area contributed by atoms with Crippen LogP contribution >= 0.6 is 11.6 Å². The molecule has 0 saturated carbocycles. The van der Waals surface area contributed by atoms with Gasteiger partial charge in [0.15, 0.2) is 0 Å². The highest BCUT2D eigenvalue weighted by Gasteiger charge is 2.12. The van der Waals surface area contributed by atoms with E-state index < -0.39 is 5.97 Å². The van der Waals surface area contributed by atoms with Crippen molar-refractivity contribution >= 4 is 23.3 Å². The average molecular weight is 294 g/mol. The summed E-state index contributed by atoms with van der Waals surface area (Å²) in [5.74, 6) is -0.794. The number of para-hydroxylation sites is 1. The first-order valence-corrected chi connectivity index (χ1v) is 6.72. The van der Waals surface area contributed by atoms with Crippen LogP contribution in [0.2, 0.25) is 5.02 Å². The van der Waals surface area contributed by atoms with Gasteiger partial charge in [-0.2, -0.15) is 5.10 Å². The minimum Gasteiger partial charge on any atom is -0.481 e. The van der Waals surface area contributed by atoms with Gasteiger partial charge in [0.1, 0.15) is 5.69 Å². The summed E-state index contributed by atoms with van der Waals surface area (Å²) in [5, 5.41) is 16.8. The second kappa shape index (κ2) is 6.43. The van der Waals surface area contributed by atoms with E-state index in [4.69, 9.17) is 16.7 Å². The van der Waals surface area contributed by atoms with E-state index in [2.05, 4.69) is 10.4 Å². The molecule has 20 heavy (non-hydrogen) atoms. The predicted octanol–water partition coefficient (Wildman–Crippen LogP) is 3.19. The Labute approximate surface area is 122 Å². The molecular formula is C14H16ClN3O2. The highest BCUT2D eigenvalue weighted by molar-refractivity contribution is 6.33. The summed E-state index contributed by atoms with van der Waals surface area (Å²) in [6.07, 6.45) is 4.17. The normalized spacial score (nSPS) is 12.1. The number of carboxylic acids is 1. The first-order valence-electron chi connectivity index (χ1n) is 6.35. The maximum Gasteiger partial charge on any atom is 0.303 e. The molecule has 1 unspecified atom stereocenters. The van der Waals surface area contributed by atoms with Gasteiger partial charge in [-0.25, -0.2) is 4.68 Å². The molecule has 0 spiro atoms. The number of hydrogen-bond donors (Lipinski definition) is 2. The van der Waals surface area contributed by atoms with E-state index in [1.807, 2.05) is 31.3 Å². The van der Waals surface area contributed by atoms with Gasteiger partial charge in [0.2, 0.25) is 0 Å². The van der Waals surface area contributed by atoms with E-state index in [9.17, 15) is 4.79 Å². The number of carbonyl (C=O) groups is 1. The van der Waals surface area contributed by atoms with Crippen LogP contribution in [-0.4, -0.2) is 26.9 Å². The molecule has 1 heterocycles. The van der Waals surface area contributed by atoms with Gasteiger partial charge in [-0.05, 0) is 31.5 Å². The highest BCUT2D eigenvalue weighted by Crippen LogP contribution is 2.28. The SMILES string of the molecule is CC(CCC(=O)O)Nc1cccc(Cl)c1-n1cccn1. The van der Waals surface area contributed by atoms with Crippen LogP contribution in [0.1, 0.15) is 19.8 Å². The first-order chi connectivity index (χ1) is 9.58. The molecule has 1 aromatic heterocycles. The van der Waals surface area contributed by atoms with Crippen molar-refractivity contribution in [2.24, 2.45) is 0 Å². The summed E-state index contributed by atoms with van der Waals surface area (Å²) in [7, 11) is 0. The second-order valence-electron chi connectivity index (χ2n) is 4.56. The van der Waals surface area contributed by atoms with Crippen LogP contribution in [0, 0.1) is 0 Å². The Hall–Kier alpha value is -2.01. The van der Waals surface area contributed by atoms with Crippen molar-refractivity contribution in [3.05, 3.63) is 41.7 Å². The van der Waals surface area contributed by atoms with Crippen LogP contribution in [-0.2, 0) is 4.79 Å². The number of halogens is 1. The maximum atomic E-state index is 10.6. The minimum atomic E-state index is -0.794. The molecule has 5 nitrogen and oxygen atoms in total. The molecule has 2 aromatic rings. The van der Waals surface area contributed by atoms with Crippen molar-refractivity contribution in [2.75, 3.05) is 5.32 Å². The Balaban J connectivity index is 2.20. The van der Waals surface area contributed by atoms with E-state index in [1.54, 1.807) is 16.9 Å². The highest BCUT2D eigenvalue weighted by atomic mass is 35.5. The molecule has 0 radical (unpaired) electrons. The topological polar surface area (TPSA) is 67.2 Å². The maximum absolute atomic E-state index is 10.6. The third kappa shape index (κ3) is 3.51. The number of rotatable bonds is 6. The lowest BCUT2D eigenvalue weighted by Gasteiger charge is -2.18. The van der Waals surface area contributed by atoms with Gasteiger partial charge < -0.3 is 10.4 Å². The van der Waals surface area contributed by atoms with Crippen LogP contribution in [0.4, 0.5) is 5.69 Å². The molecular weight excluding hydrogens is 278 g/mol. The molecule has 0 bridgehead atoms. The van der Waals surface area contributed by atoms with E-state index in [1.165, 1.54) is 0 Å². The van der Waals surface area contributed by atoms with Gasteiger partial charge in [0.05, 0.1) is 10.7 Å². The molecule has 106 valence electrons. The van der Waals surface area contributed by atoms with Crippen LogP contribution in [0.3, 0.4) is 0 Å². The summed E-state index contributed by atoms with van der Waals surface area (Å²) in [4.78, 5) is 10.6. The minimum absolute atomic E-state index is 0.0267. The third-order valence-corrected chi connectivity index (χ3v) is 3.22. The number of benzene rings is 1. The average Bonchev–Trinajstić information content (AvgIpc) is 2.90. The number of anilines is 1. The predicted molar refractivity (Wildman–Crippen MR) is 78.5 cm³/mol. The molecule has 0 aliphatic carbocycles. The summed E-state index contributed by atoms with van der Waals surface area (Å²) < 4.78 is 1.69. The Morgan fingerprint density at radius 3 is 2.95 bits per heavy atom. The second-order valence-corrected chi connectivity index (χ2v) is 4.97. The quantitative estimate of drug-likeness (QED) is 0.858. The Bertz CT molecular complexity index is 584. The van der Waals surface area contributed by atoms with Gasteiger partial charge in [0.25, 0.3) is 0 Å². The Morgan fingerprint density at radius 1 is 1.50 bits per heavy atom. The molecule has 0 aliphatic rings. The zero-order chi connectivity index (χ0) is 14.5. The van der Waals surface area contributed by atoms with Crippen molar-refractivity contribution in [3.63, 3.8) is 0 Å². The standard InChI is InChI=1S/C14H16ClN3O2/c1-10(6-7-13(19)20)17-12-5-2-4-11(15)14(12)18-9-3-8-16-18/h2-5,8-10,17H,6-7H2,1H3,(H,19,20). The summed E-state index contributed by atoms with van der Waals surface area (Å²) in [6.45, 7) is 1.94. The van der Waals surface area contributed by atoms with Crippen molar-refractivity contribution < 1.29 is 9.90 Å². The summed E-state index contributed by atoms with van der Waals surface area (Å²) in [6, 6.07) is 7.40. The molecule has 0 fully saturated rings. The molecule has 2 rings (SSSR count). The van der Waals surface area contributed by atoms with Gasteiger partial charge in [0, 0.05) is 24.9 Å². The zero-order valence-corrected chi connectivity index (χ0v) is 11.8. The molecule has 0 amide bonds. The van der Waals surface area contributed by atoms with Crippen molar-refractivity contribution in [1.29, 1.82) is 0 Å². The van der Waals surface area contributed by atoms with E-state index in [-0.39, 0.29) is 12.5 Å². The van der Waals surface area contributed by atoms with E-state index in [0.717, 1.165) is 11.4 Å². The molecule has 0 saturated heterocycles. The Kier molecular flexibility index (Phi) is 4.63. The van der Waals surface area contributed by atoms with Crippen molar-refractivity contribution in [2.45, 2.75) is 25.8 Å². The third-order valence-electron chi connectivity index (χ3n) is 2.91. The molecule has 0 aliphatic heterocycles. The molecule has 6 heteroatoms. The van der Waals surface area contributed by atoms with E-state index >= 15 is 0 Å². The number of nitrogens with one attached hydrogen (secondary N) is 1. The van der Waals surface area contributed by atoms with Crippen LogP contribution in [0.15, 0.2) is 36.7 Å². The number of aromatic nitrogens is 2. The number of nitrogens with zero attached hydrogens (tertiary/aromatic N) is 2. The van der Waals surface area contributed by atoms with Crippen LogP contribution < -0.4 is 5.32 Å². The number of hydrogen-bond acceptors (Lipinski definition) is 3. The smallest absolute Gasteiger partial charge is 0.303 e. The van der Waals surface area contributed by atoms with Crippen LogP contribution in [0.5, 0.6) is 0 Å². The van der Waals surface area contributed by atoms with Gasteiger partial charge in [-0.3, -0.25) is 4.79 Å². The van der Waals surface area contributed by atoms with Gasteiger partial charge >= 0.3 is 5.97 Å². The Morgan fingerprint density at radius 2 is 2.30 bits per heavy atom. The van der Waals surface area contributed by atoms with E-state index in [0.29, 0.717) is 11.4 Å². The van der Waals surface area contributed by atoms with Gasteiger partial charge in [-0.15, -0.1) is 0 Å². The fourth-order valence-corrected chi connectivity index (χ4v) is 2.20. The lowest BCUT2D eigenvalue weighted by Crippen LogP contribution is -2.18. The molecule has 1 aromatic carbocycles. The fourth-order valence-electron chi connectivity index (χ4n) is 1.94. The monoisotopic (exact) mass is 293 g/mol.